The van der Waals surface area contributed by atoms with E-state index in [0.717, 1.165) is 10.8 Å². The number of rotatable bonds is 5. The van der Waals surface area contributed by atoms with E-state index in [1.807, 2.05) is 42.5 Å². The number of hydrogen-bond acceptors (Lipinski definition) is 3. The molecule has 0 bridgehead atoms. The second-order valence-electron chi connectivity index (χ2n) is 4.51. The number of aliphatic hydroxyl groups excluding tert-OH is 1. The molecule has 5 nitrogen and oxygen atoms in total. The number of urea groups is 1. The smallest absolute Gasteiger partial charge is 0.319 e. The number of anilines is 1. The van der Waals surface area contributed by atoms with Crippen molar-refractivity contribution in [3.63, 3.8) is 0 Å². The first-order valence-electron chi connectivity index (χ1n) is 6.39. The van der Waals surface area contributed by atoms with E-state index in [2.05, 4.69) is 10.6 Å². The van der Waals surface area contributed by atoms with Crippen LogP contribution < -0.4 is 10.6 Å². The monoisotopic (exact) mass is 274 g/mol. The first-order chi connectivity index (χ1) is 9.69. The van der Waals surface area contributed by atoms with Gasteiger partial charge in [0.05, 0.1) is 12.7 Å². The number of fused-ring (bicyclic) bond motifs is 1. The van der Waals surface area contributed by atoms with Crippen molar-refractivity contribution >= 4 is 22.5 Å². The highest BCUT2D eigenvalue weighted by Gasteiger charge is 2.06. The lowest BCUT2D eigenvalue weighted by molar-refractivity contribution is 0.0663. The summed E-state index contributed by atoms with van der Waals surface area (Å²) in [5.41, 5.74) is 0.711. The van der Waals surface area contributed by atoms with Gasteiger partial charge in [-0.15, -0.1) is 0 Å². The third-order valence-electron chi connectivity index (χ3n) is 2.86. The standard InChI is InChI=1S/C15H18N2O3/c1-20-10-14(18)9-16-15(19)17-13-7-6-11-4-2-3-5-12(11)8-13/h2-8,14,18H,9-10H2,1H3,(H2,16,17,19). The van der Waals surface area contributed by atoms with Crippen molar-refractivity contribution in [1.82, 2.24) is 5.32 Å². The third-order valence-corrected chi connectivity index (χ3v) is 2.86. The molecule has 0 fully saturated rings. The first-order valence-corrected chi connectivity index (χ1v) is 6.39. The summed E-state index contributed by atoms with van der Waals surface area (Å²) >= 11 is 0. The van der Waals surface area contributed by atoms with Crippen molar-refractivity contribution in [3.05, 3.63) is 42.5 Å². The van der Waals surface area contributed by atoms with Crippen LogP contribution in [-0.4, -0.2) is 37.5 Å². The van der Waals surface area contributed by atoms with Crippen molar-refractivity contribution in [2.45, 2.75) is 6.10 Å². The van der Waals surface area contributed by atoms with Crippen molar-refractivity contribution in [1.29, 1.82) is 0 Å². The van der Waals surface area contributed by atoms with Gasteiger partial charge in [-0.25, -0.2) is 4.79 Å². The Morgan fingerprint density at radius 3 is 2.75 bits per heavy atom. The Morgan fingerprint density at radius 2 is 2.00 bits per heavy atom. The van der Waals surface area contributed by atoms with E-state index in [0.29, 0.717) is 5.69 Å². The van der Waals surface area contributed by atoms with Crippen LogP contribution in [0.15, 0.2) is 42.5 Å². The highest BCUT2D eigenvalue weighted by atomic mass is 16.5. The maximum absolute atomic E-state index is 11.7. The number of carbonyl (C=O) groups excluding carboxylic acids is 1. The lowest BCUT2D eigenvalue weighted by atomic mass is 10.1. The van der Waals surface area contributed by atoms with Crippen molar-refractivity contribution in [2.75, 3.05) is 25.6 Å². The van der Waals surface area contributed by atoms with E-state index in [1.165, 1.54) is 7.11 Å². The molecule has 2 amide bonds. The van der Waals surface area contributed by atoms with Crippen LogP contribution in [0.1, 0.15) is 0 Å². The van der Waals surface area contributed by atoms with Gasteiger partial charge in [0.15, 0.2) is 0 Å². The average molecular weight is 274 g/mol. The van der Waals surface area contributed by atoms with E-state index in [9.17, 15) is 9.90 Å². The number of hydrogen-bond donors (Lipinski definition) is 3. The molecule has 0 aliphatic rings. The molecular weight excluding hydrogens is 256 g/mol. The Kier molecular flexibility index (Phi) is 4.92. The Hall–Kier alpha value is -2.11. The third kappa shape index (κ3) is 3.94. The minimum atomic E-state index is -0.706. The molecule has 0 saturated heterocycles. The maximum Gasteiger partial charge on any atom is 0.319 e. The van der Waals surface area contributed by atoms with Gasteiger partial charge in [0.2, 0.25) is 0 Å². The van der Waals surface area contributed by atoms with Gasteiger partial charge < -0.3 is 20.5 Å². The van der Waals surface area contributed by atoms with Crippen LogP contribution in [0.2, 0.25) is 0 Å². The van der Waals surface area contributed by atoms with Gasteiger partial charge in [0.1, 0.15) is 0 Å². The lowest BCUT2D eigenvalue weighted by Crippen LogP contribution is -2.36. The van der Waals surface area contributed by atoms with Gasteiger partial charge in [-0.05, 0) is 22.9 Å². The molecule has 2 aromatic carbocycles. The minimum absolute atomic E-state index is 0.146. The normalized spacial score (nSPS) is 12.1. The Morgan fingerprint density at radius 1 is 1.25 bits per heavy atom. The number of amides is 2. The molecule has 2 rings (SSSR count). The fourth-order valence-electron chi connectivity index (χ4n) is 1.90. The molecule has 1 atom stereocenters. The SMILES string of the molecule is COCC(O)CNC(=O)Nc1ccc2ccccc2c1. The predicted octanol–water partition coefficient (Wildman–Crippen LogP) is 1.97. The van der Waals surface area contributed by atoms with Crippen LogP contribution in [-0.2, 0) is 4.74 Å². The number of methoxy groups -OCH3 is 1. The van der Waals surface area contributed by atoms with E-state index in [-0.39, 0.29) is 19.2 Å². The molecule has 1 unspecified atom stereocenters. The molecule has 0 saturated carbocycles. The number of aliphatic hydroxyl groups is 1. The summed E-state index contributed by atoms with van der Waals surface area (Å²) < 4.78 is 4.78. The van der Waals surface area contributed by atoms with E-state index in [1.54, 1.807) is 0 Å². The van der Waals surface area contributed by atoms with E-state index < -0.39 is 6.10 Å². The molecule has 0 heterocycles. The molecule has 0 spiro atoms. The zero-order valence-corrected chi connectivity index (χ0v) is 11.3. The lowest BCUT2D eigenvalue weighted by Gasteiger charge is -2.12. The number of carbonyl (C=O) groups is 1. The van der Waals surface area contributed by atoms with Gasteiger partial charge in [0.25, 0.3) is 0 Å². The van der Waals surface area contributed by atoms with Gasteiger partial charge in [-0.3, -0.25) is 0 Å². The van der Waals surface area contributed by atoms with E-state index >= 15 is 0 Å². The van der Waals surface area contributed by atoms with Gasteiger partial charge in [0, 0.05) is 19.3 Å². The average Bonchev–Trinajstić information content (AvgIpc) is 2.45. The van der Waals surface area contributed by atoms with Crippen LogP contribution in [0.3, 0.4) is 0 Å². The summed E-state index contributed by atoms with van der Waals surface area (Å²) in [6.07, 6.45) is -0.706. The van der Waals surface area contributed by atoms with Gasteiger partial charge in [-0.2, -0.15) is 0 Å². The first kappa shape index (κ1) is 14.3. The van der Waals surface area contributed by atoms with Crippen LogP contribution in [0.5, 0.6) is 0 Å². The molecule has 2 aromatic rings. The number of nitrogens with one attached hydrogen (secondary N) is 2. The molecule has 20 heavy (non-hydrogen) atoms. The quantitative estimate of drug-likeness (QED) is 0.780. The van der Waals surface area contributed by atoms with Crippen LogP contribution >= 0.6 is 0 Å². The summed E-state index contributed by atoms with van der Waals surface area (Å²) in [6.45, 7) is 0.337. The second kappa shape index (κ2) is 6.88. The van der Waals surface area contributed by atoms with Crippen molar-refractivity contribution in [3.8, 4) is 0 Å². The highest BCUT2D eigenvalue weighted by molar-refractivity contribution is 5.93. The van der Waals surface area contributed by atoms with Gasteiger partial charge in [-0.1, -0.05) is 30.3 Å². The van der Waals surface area contributed by atoms with Crippen molar-refractivity contribution < 1.29 is 14.6 Å². The fraction of sp³-hybridized carbons (Fsp3) is 0.267. The highest BCUT2D eigenvalue weighted by Crippen LogP contribution is 2.18. The summed E-state index contributed by atoms with van der Waals surface area (Å²) in [6, 6.07) is 13.3. The largest absolute Gasteiger partial charge is 0.389 e. The number of ether oxygens (including phenoxy) is 1. The minimum Gasteiger partial charge on any atom is -0.389 e. The topological polar surface area (TPSA) is 70.6 Å². The molecule has 0 aliphatic carbocycles. The van der Waals surface area contributed by atoms with Crippen molar-refractivity contribution in [2.24, 2.45) is 0 Å². The van der Waals surface area contributed by atoms with Crippen LogP contribution in [0.25, 0.3) is 10.8 Å². The zero-order chi connectivity index (χ0) is 14.4. The summed E-state index contributed by atoms with van der Waals surface area (Å²) in [5.74, 6) is 0. The molecule has 0 aromatic heterocycles. The number of benzene rings is 2. The van der Waals surface area contributed by atoms with Crippen LogP contribution in [0.4, 0.5) is 10.5 Å². The molecular formula is C15H18N2O3. The van der Waals surface area contributed by atoms with Crippen LogP contribution in [0, 0.1) is 0 Å². The Labute approximate surface area is 117 Å². The zero-order valence-electron chi connectivity index (χ0n) is 11.3. The summed E-state index contributed by atoms with van der Waals surface area (Å²) in [4.78, 5) is 11.7. The molecule has 5 heteroatoms. The summed E-state index contributed by atoms with van der Waals surface area (Å²) in [7, 11) is 1.50. The molecule has 3 N–H and O–H groups in total. The van der Waals surface area contributed by atoms with E-state index in [4.69, 9.17) is 4.74 Å². The fourth-order valence-corrected chi connectivity index (χ4v) is 1.90. The maximum atomic E-state index is 11.7. The molecule has 0 aliphatic heterocycles. The molecule has 106 valence electrons. The predicted molar refractivity (Wildman–Crippen MR) is 78.9 cm³/mol. The second-order valence-corrected chi connectivity index (χ2v) is 4.51. The summed E-state index contributed by atoms with van der Waals surface area (Å²) in [5, 5.41) is 16.9. The Bertz CT molecular complexity index is 586. The Balaban J connectivity index is 1.92. The molecule has 0 radical (unpaired) electrons. The van der Waals surface area contributed by atoms with Gasteiger partial charge >= 0.3 is 6.03 Å².